The van der Waals surface area contributed by atoms with Gasteiger partial charge in [0, 0.05) is 18.1 Å². The number of aromatic amines is 1. The van der Waals surface area contributed by atoms with Gasteiger partial charge in [0.2, 0.25) is 0 Å². The van der Waals surface area contributed by atoms with Gasteiger partial charge < -0.3 is 9.55 Å². The van der Waals surface area contributed by atoms with Crippen molar-refractivity contribution in [2.24, 2.45) is 0 Å². The van der Waals surface area contributed by atoms with Crippen molar-refractivity contribution in [3.8, 4) is 0 Å². The van der Waals surface area contributed by atoms with Crippen molar-refractivity contribution < 1.29 is 0 Å². The molecule has 0 radical (unpaired) electrons. The molecule has 2 aromatic heterocycles. The lowest BCUT2D eigenvalue weighted by atomic mass is 10.1. The number of H-pyrrole nitrogens is 1. The Balaban J connectivity index is 1.82. The summed E-state index contributed by atoms with van der Waals surface area (Å²) in [4.78, 5) is 12.6. The summed E-state index contributed by atoms with van der Waals surface area (Å²) >= 11 is 1.65. The molecule has 22 heavy (non-hydrogen) atoms. The first-order valence-electron chi connectivity index (χ1n) is 7.03. The van der Waals surface area contributed by atoms with E-state index >= 15 is 0 Å². The summed E-state index contributed by atoms with van der Waals surface area (Å²) in [6.45, 7) is 11.7. The summed E-state index contributed by atoms with van der Waals surface area (Å²) in [5.41, 5.74) is 5.54. The predicted molar refractivity (Wildman–Crippen MR) is 93.8 cm³/mol. The Morgan fingerprint density at radius 3 is 2.77 bits per heavy atom. The van der Waals surface area contributed by atoms with Crippen LogP contribution in [0.3, 0.4) is 0 Å². The molecule has 0 bridgehead atoms. The van der Waals surface area contributed by atoms with Crippen LogP contribution in [-0.4, -0.2) is 19.5 Å². The Hall–Kier alpha value is -2.27. The minimum atomic E-state index is 0.750. The summed E-state index contributed by atoms with van der Waals surface area (Å²) in [6.07, 6.45) is 5.42. The van der Waals surface area contributed by atoms with Gasteiger partial charge in [0.25, 0.3) is 0 Å². The molecule has 0 saturated carbocycles. The third-order valence-corrected chi connectivity index (χ3v) is 4.35. The Labute approximate surface area is 134 Å². The van der Waals surface area contributed by atoms with E-state index in [0.29, 0.717) is 0 Å². The Bertz CT molecular complexity index is 832. The molecule has 0 amide bonds. The second-order valence-electron chi connectivity index (χ2n) is 5.19. The number of hydrogen-bond acceptors (Lipinski definition) is 3. The van der Waals surface area contributed by atoms with E-state index in [0.717, 1.165) is 33.5 Å². The monoisotopic (exact) mass is 310 g/mol. The molecule has 1 N–H and O–H groups in total. The van der Waals surface area contributed by atoms with Crippen LogP contribution in [0.5, 0.6) is 0 Å². The molecule has 0 aliphatic heterocycles. The lowest BCUT2D eigenvalue weighted by molar-refractivity contribution is 1.07. The fraction of sp³-hybridized carbons (Fsp3) is 0.176. The van der Waals surface area contributed by atoms with Crippen LogP contribution < -0.4 is 0 Å². The number of nitrogens with one attached hydrogen (secondary N) is 1. The summed E-state index contributed by atoms with van der Waals surface area (Å²) in [5, 5.41) is 0.914. The van der Waals surface area contributed by atoms with Gasteiger partial charge in [-0.15, -0.1) is 0 Å². The lowest BCUT2D eigenvalue weighted by Gasteiger charge is -1.95. The first-order chi connectivity index (χ1) is 10.6. The molecule has 0 aliphatic carbocycles. The van der Waals surface area contributed by atoms with Crippen LogP contribution >= 0.6 is 11.8 Å². The molecule has 0 fully saturated rings. The minimum absolute atomic E-state index is 0.750. The molecular weight excluding hydrogens is 292 g/mol. The quantitative estimate of drug-likeness (QED) is 0.710. The molecule has 5 heteroatoms. The summed E-state index contributed by atoms with van der Waals surface area (Å²) in [7, 11) is 0. The summed E-state index contributed by atoms with van der Waals surface area (Å²) in [6, 6.07) is 4.28. The highest BCUT2D eigenvalue weighted by molar-refractivity contribution is 7.98. The molecule has 0 atom stereocenters. The molecule has 0 aliphatic rings. The SMILES string of the molecule is C=Cc1nc(CSc2nc3c(C)cc(C)cc3[nH]2)cn1C=C. The number of nitrogens with zero attached hydrogens (tertiary/aromatic N) is 3. The predicted octanol–water partition coefficient (Wildman–Crippen LogP) is 4.41. The number of aryl methyl sites for hydroxylation is 2. The van der Waals surface area contributed by atoms with Gasteiger partial charge in [0.05, 0.1) is 16.7 Å². The van der Waals surface area contributed by atoms with Crippen LogP contribution in [-0.2, 0) is 5.75 Å². The first kappa shape index (κ1) is 14.7. The van der Waals surface area contributed by atoms with E-state index in [1.165, 1.54) is 11.1 Å². The molecule has 3 aromatic rings. The molecule has 3 rings (SSSR count). The second kappa shape index (κ2) is 5.85. The van der Waals surface area contributed by atoms with E-state index in [-0.39, 0.29) is 0 Å². The van der Waals surface area contributed by atoms with E-state index < -0.39 is 0 Å². The van der Waals surface area contributed by atoms with Crippen LogP contribution in [0.1, 0.15) is 22.6 Å². The number of benzene rings is 1. The zero-order chi connectivity index (χ0) is 15.7. The van der Waals surface area contributed by atoms with Crippen LogP contribution in [0.25, 0.3) is 23.3 Å². The molecule has 0 unspecified atom stereocenters. The van der Waals surface area contributed by atoms with E-state index in [2.05, 4.69) is 54.1 Å². The van der Waals surface area contributed by atoms with Crippen LogP contribution in [0, 0.1) is 13.8 Å². The third-order valence-electron chi connectivity index (χ3n) is 3.45. The summed E-state index contributed by atoms with van der Waals surface area (Å²) < 4.78 is 1.87. The van der Waals surface area contributed by atoms with Crippen LogP contribution in [0.15, 0.2) is 36.6 Å². The van der Waals surface area contributed by atoms with Crippen molar-refractivity contribution in [1.29, 1.82) is 0 Å². The lowest BCUT2D eigenvalue weighted by Crippen LogP contribution is -1.85. The first-order valence-corrected chi connectivity index (χ1v) is 8.01. The zero-order valence-corrected chi connectivity index (χ0v) is 13.6. The van der Waals surface area contributed by atoms with Crippen molar-refractivity contribution in [1.82, 2.24) is 19.5 Å². The zero-order valence-electron chi connectivity index (χ0n) is 12.8. The van der Waals surface area contributed by atoms with Gasteiger partial charge in [0.15, 0.2) is 5.16 Å². The van der Waals surface area contributed by atoms with Gasteiger partial charge in [0.1, 0.15) is 5.82 Å². The number of thioether (sulfide) groups is 1. The highest BCUT2D eigenvalue weighted by Crippen LogP contribution is 2.25. The van der Waals surface area contributed by atoms with E-state index in [9.17, 15) is 0 Å². The normalized spacial score (nSPS) is 11.0. The van der Waals surface area contributed by atoms with Gasteiger partial charge >= 0.3 is 0 Å². The molecule has 0 spiro atoms. The van der Waals surface area contributed by atoms with E-state index in [4.69, 9.17) is 0 Å². The van der Waals surface area contributed by atoms with Gasteiger partial charge in [-0.25, -0.2) is 9.97 Å². The van der Waals surface area contributed by atoms with Gasteiger partial charge in [-0.3, -0.25) is 0 Å². The molecule has 4 nitrogen and oxygen atoms in total. The molecule has 112 valence electrons. The fourth-order valence-electron chi connectivity index (χ4n) is 2.49. The minimum Gasteiger partial charge on any atom is -0.333 e. The van der Waals surface area contributed by atoms with Crippen LogP contribution in [0.4, 0.5) is 0 Å². The molecular formula is C17H18N4S. The smallest absolute Gasteiger partial charge is 0.166 e. The maximum Gasteiger partial charge on any atom is 0.166 e. The maximum atomic E-state index is 4.67. The summed E-state index contributed by atoms with van der Waals surface area (Å²) in [5.74, 6) is 1.56. The highest BCUT2D eigenvalue weighted by Gasteiger charge is 2.09. The Morgan fingerprint density at radius 2 is 2.09 bits per heavy atom. The van der Waals surface area contributed by atoms with Crippen molar-refractivity contribution in [2.45, 2.75) is 24.8 Å². The molecule has 2 heterocycles. The average molecular weight is 310 g/mol. The van der Waals surface area contributed by atoms with E-state index in [1.54, 1.807) is 24.0 Å². The number of fused-ring (bicyclic) bond motifs is 1. The Morgan fingerprint density at radius 1 is 1.27 bits per heavy atom. The van der Waals surface area contributed by atoms with Gasteiger partial charge in [-0.2, -0.15) is 0 Å². The molecule has 1 aromatic carbocycles. The van der Waals surface area contributed by atoms with Crippen molar-refractivity contribution in [3.63, 3.8) is 0 Å². The number of aromatic nitrogens is 4. The maximum absolute atomic E-state index is 4.67. The molecule has 0 saturated heterocycles. The van der Waals surface area contributed by atoms with Crippen molar-refractivity contribution in [2.75, 3.05) is 0 Å². The van der Waals surface area contributed by atoms with E-state index in [1.807, 2.05) is 10.8 Å². The van der Waals surface area contributed by atoms with Gasteiger partial charge in [-0.05, 0) is 37.1 Å². The van der Waals surface area contributed by atoms with Crippen molar-refractivity contribution in [3.05, 3.63) is 54.1 Å². The number of rotatable bonds is 5. The topological polar surface area (TPSA) is 46.5 Å². The van der Waals surface area contributed by atoms with Crippen molar-refractivity contribution >= 4 is 35.1 Å². The second-order valence-corrected chi connectivity index (χ2v) is 6.16. The number of imidazole rings is 2. The van der Waals surface area contributed by atoms with Gasteiger partial charge in [-0.1, -0.05) is 31.0 Å². The highest BCUT2D eigenvalue weighted by atomic mass is 32.2. The largest absolute Gasteiger partial charge is 0.333 e. The average Bonchev–Trinajstić information content (AvgIpc) is 3.08. The standard InChI is InChI=1S/C17H18N4S/c1-5-15-18-13(9-21(15)6-2)10-22-17-19-14-8-11(3)7-12(4)16(14)20-17/h5-9H,1-2,10H2,3-4H3,(H,19,20). The third kappa shape index (κ3) is 2.72. The fourth-order valence-corrected chi connectivity index (χ4v) is 3.25. The van der Waals surface area contributed by atoms with Crippen LogP contribution in [0.2, 0.25) is 0 Å². The number of hydrogen-bond donors (Lipinski definition) is 1. The Kier molecular flexibility index (Phi) is 3.90.